The standard InChI is InChI=1S/C5H10FN3/c6-2-4-9-3-1-5(7)8/h3H,1-2,4H2,(H3,7,8). The van der Waals surface area contributed by atoms with Gasteiger partial charge >= 0.3 is 0 Å². The number of halogens is 1. The van der Waals surface area contributed by atoms with Crippen LogP contribution >= 0.6 is 0 Å². The molecular weight excluding hydrogens is 121 g/mol. The Hall–Kier alpha value is -0.930. The fourth-order valence-electron chi connectivity index (χ4n) is 0.303. The van der Waals surface area contributed by atoms with Crippen LogP contribution in [0.25, 0.3) is 0 Å². The van der Waals surface area contributed by atoms with E-state index in [0.717, 1.165) is 0 Å². The monoisotopic (exact) mass is 131 g/mol. The molecule has 0 bridgehead atoms. The summed E-state index contributed by atoms with van der Waals surface area (Å²) in [7, 11) is 0. The molecule has 0 aromatic rings. The maximum absolute atomic E-state index is 11.3. The van der Waals surface area contributed by atoms with Crippen LogP contribution in [0.3, 0.4) is 0 Å². The average molecular weight is 131 g/mol. The van der Waals surface area contributed by atoms with Gasteiger partial charge in [-0.2, -0.15) is 0 Å². The molecule has 3 N–H and O–H groups in total. The van der Waals surface area contributed by atoms with Crippen LogP contribution in [0, 0.1) is 5.41 Å². The zero-order chi connectivity index (χ0) is 7.11. The average Bonchev–Trinajstić information content (AvgIpc) is 1.80. The minimum Gasteiger partial charge on any atom is -0.387 e. The topological polar surface area (TPSA) is 62.2 Å². The number of amidine groups is 1. The van der Waals surface area contributed by atoms with Crippen LogP contribution < -0.4 is 5.73 Å². The van der Waals surface area contributed by atoms with Crippen molar-refractivity contribution in [2.75, 3.05) is 13.2 Å². The fraction of sp³-hybridized carbons (Fsp3) is 0.600. The lowest BCUT2D eigenvalue weighted by Crippen LogP contribution is -2.09. The van der Waals surface area contributed by atoms with Gasteiger partial charge in [-0.25, -0.2) is 4.39 Å². The van der Waals surface area contributed by atoms with Crippen LogP contribution in [0.2, 0.25) is 0 Å². The van der Waals surface area contributed by atoms with E-state index in [-0.39, 0.29) is 12.4 Å². The van der Waals surface area contributed by atoms with Gasteiger partial charge in [0.25, 0.3) is 0 Å². The Balaban J connectivity index is 3.14. The molecule has 0 aromatic heterocycles. The molecule has 3 nitrogen and oxygen atoms in total. The summed E-state index contributed by atoms with van der Waals surface area (Å²) in [5.74, 6) is 0.0533. The molecule has 0 spiro atoms. The van der Waals surface area contributed by atoms with Crippen molar-refractivity contribution >= 4 is 12.1 Å². The van der Waals surface area contributed by atoms with E-state index >= 15 is 0 Å². The number of nitrogens with two attached hydrogens (primary N) is 1. The van der Waals surface area contributed by atoms with E-state index in [9.17, 15) is 4.39 Å². The highest BCUT2D eigenvalue weighted by Gasteiger charge is 1.81. The molecule has 4 heteroatoms. The van der Waals surface area contributed by atoms with E-state index in [4.69, 9.17) is 11.1 Å². The Morgan fingerprint density at radius 1 is 1.78 bits per heavy atom. The van der Waals surface area contributed by atoms with Crippen molar-refractivity contribution in [1.82, 2.24) is 0 Å². The highest BCUT2D eigenvalue weighted by atomic mass is 19.1. The molecule has 0 aliphatic rings. The van der Waals surface area contributed by atoms with Crippen molar-refractivity contribution in [3.05, 3.63) is 0 Å². The lowest BCUT2D eigenvalue weighted by atomic mass is 10.4. The molecule has 0 heterocycles. The lowest BCUT2D eigenvalue weighted by molar-refractivity contribution is 0.505. The smallest absolute Gasteiger partial charge is 0.109 e. The normalized spacial score (nSPS) is 10.3. The highest BCUT2D eigenvalue weighted by Crippen LogP contribution is 1.73. The molecule has 0 atom stereocenters. The first kappa shape index (κ1) is 8.07. The fourth-order valence-corrected chi connectivity index (χ4v) is 0.303. The number of nitrogens with zero attached hydrogens (tertiary/aromatic N) is 1. The summed E-state index contributed by atoms with van der Waals surface area (Å²) < 4.78 is 11.3. The van der Waals surface area contributed by atoms with Gasteiger partial charge in [0.05, 0.1) is 12.4 Å². The third kappa shape index (κ3) is 7.07. The lowest BCUT2D eigenvalue weighted by Gasteiger charge is -1.86. The number of alkyl halides is 1. The molecule has 0 unspecified atom stereocenters. The first-order chi connectivity index (χ1) is 4.27. The van der Waals surface area contributed by atoms with Gasteiger partial charge < -0.3 is 5.73 Å². The van der Waals surface area contributed by atoms with Crippen molar-refractivity contribution in [3.63, 3.8) is 0 Å². The maximum atomic E-state index is 11.3. The number of nitrogens with one attached hydrogen (secondary N) is 1. The van der Waals surface area contributed by atoms with Gasteiger partial charge in [-0.05, 0) is 0 Å². The Labute approximate surface area is 53.3 Å². The van der Waals surface area contributed by atoms with E-state index in [2.05, 4.69) is 4.99 Å². The third-order valence-corrected chi connectivity index (χ3v) is 0.654. The molecule has 0 aromatic carbocycles. The van der Waals surface area contributed by atoms with Gasteiger partial charge in [-0.3, -0.25) is 10.4 Å². The SMILES string of the molecule is N=C(N)CC=NCCF. The van der Waals surface area contributed by atoms with Crippen LogP contribution in [0.5, 0.6) is 0 Å². The third-order valence-electron chi connectivity index (χ3n) is 0.654. The first-order valence-corrected chi connectivity index (χ1v) is 2.64. The molecular formula is C5H10FN3. The summed E-state index contributed by atoms with van der Waals surface area (Å²) >= 11 is 0. The van der Waals surface area contributed by atoms with Crippen molar-refractivity contribution < 1.29 is 4.39 Å². The van der Waals surface area contributed by atoms with Gasteiger partial charge in [-0.1, -0.05) is 0 Å². The van der Waals surface area contributed by atoms with Crippen LogP contribution in [0.4, 0.5) is 4.39 Å². The second-order valence-electron chi connectivity index (χ2n) is 1.51. The number of hydrogen-bond acceptors (Lipinski definition) is 2. The number of hydrogen-bond donors (Lipinski definition) is 2. The Bertz CT molecular complexity index is 111. The molecule has 0 saturated heterocycles. The van der Waals surface area contributed by atoms with Gasteiger partial charge in [-0.15, -0.1) is 0 Å². The quantitative estimate of drug-likeness (QED) is 0.419. The van der Waals surface area contributed by atoms with Crippen molar-refractivity contribution in [2.24, 2.45) is 10.7 Å². The molecule has 0 rings (SSSR count). The van der Waals surface area contributed by atoms with Gasteiger partial charge in [0.2, 0.25) is 0 Å². The Kier molecular flexibility index (Phi) is 4.67. The molecule has 0 radical (unpaired) electrons. The van der Waals surface area contributed by atoms with Crippen LogP contribution in [-0.4, -0.2) is 25.3 Å². The molecule has 0 fully saturated rings. The molecule has 52 valence electrons. The minimum absolute atomic E-state index is 0.0533. The zero-order valence-corrected chi connectivity index (χ0v) is 5.10. The van der Waals surface area contributed by atoms with Crippen LogP contribution in [0.15, 0.2) is 4.99 Å². The number of aliphatic imine (C=N–C) groups is 1. The van der Waals surface area contributed by atoms with Crippen LogP contribution in [0.1, 0.15) is 6.42 Å². The van der Waals surface area contributed by atoms with E-state index in [1.807, 2.05) is 0 Å². The predicted molar refractivity (Wildman–Crippen MR) is 35.9 cm³/mol. The second kappa shape index (κ2) is 5.21. The Morgan fingerprint density at radius 2 is 2.44 bits per heavy atom. The second-order valence-corrected chi connectivity index (χ2v) is 1.51. The highest BCUT2D eigenvalue weighted by molar-refractivity contribution is 5.90. The van der Waals surface area contributed by atoms with Crippen LogP contribution in [-0.2, 0) is 0 Å². The summed E-state index contributed by atoms with van der Waals surface area (Å²) in [5.41, 5.74) is 4.97. The Morgan fingerprint density at radius 3 is 2.89 bits per heavy atom. The summed E-state index contributed by atoms with van der Waals surface area (Å²) in [6.07, 6.45) is 1.77. The molecule has 0 aliphatic heterocycles. The molecule has 0 saturated carbocycles. The van der Waals surface area contributed by atoms with E-state index in [1.165, 1.54) is 6.21 Å². The summed E-state index contributed by atoms with van der Waals surface area (Å²) in [5, 5.41) is 6.72. The van der Waals surface area contributed by atoms with E-state index in [1.54, 1.807) is 0 Å². The van der Waals surface area contributed by atoms with Gasteiger partial charge in [0.1, 0.15) is 6.67 Å². The molecule has 9 heavy (non-hydrogen) atoms. The van der Waals surface area contributed by atoms with E-state index in [0.29, 0.717) is 6.42 Å². The summed E-state index contributed by atoms with van der Waals surface area (Å²) in [6, 6.07) is 0. The predicted octanol–water partition coefficient (Wildman–Crippen LogP) is 0.353. The largest absolute Gasteiger partial charge is 0.387 e. The minimum atomic E-state index is -0.450. The molecule has 0 amide bonds. The van der Waals surface area contributed by atoms with Crippen molar-refractivity contribution in [3.8, 4) is 0 Å². The first-order valence-electron chi connectivity index (χ1n) is 2.64. The van der Waals surface area contributed by atoms with Crippen molar-refractivity contribution in [2.45, 2.75) is 6.42 Å². The van der Waals surface area contributed by atoms with Gasteiger partial charge in [0, 0.05) is 12.6 Å². The van der Waals surface area contributed by atoms with Crippen molar-refractivity contribution in [1.29, 1.82) is 5.41 Å². The summed E-state index contributed by atoms with van der Waals surface area (Å²) in [6.45, 7) is -0.276. The summed E-state index contributed by atoms with van der Waals surface area (Å²) in [4.78, 5) is 3.61. The maximum Gasteiger partial charge on any atom is 0.109 e. The molecule has 0 aliphatic carbocycles. The van der Waals surface area contributed by atoms with E-state index < -0.39 is 6.67 Å². The number of rotatable bonds is 4. The van der Waals surface area contributed by atoms with Gasteiger partial charge in [0.15, 0.2) is 0 Å². The zero-order valence-electron chi connectivity index (χ0n) is 5.10.